The topological polar surface area (TPSA) is 195 Å². The van der Waals surface area contributed by atoms with E-state index >= 15 is 0 Å². The van der Waals surface area contributed by atoms with Crippen molar-refractivity contribution in [3.05, 3.63) is 99.9 Å². The molecule has 10 heterocycles. The number of anilines is 4. The number of aromatic nitrogens is 7. The lowest BCUT2D eigenvalue weighted by molar-refractivity contribution is -0.129. The fraction of sp³-hybridized carbons (Fsp3) is 0.540. The number of nitrogens with zero attached hydrogens (tertiary/aromatic N) is 13. The fourth-order valence-electron chi connectivity index (χ4n) is 13.5. The number of carbonyl (C=O) groups is 2. The molecule has 3 N–H and O–H groups in total. The average molecular weight is 1260 g/mol. The molecule has 2 unspecified atom stereocenters. The number of likely N-dealkylation sites (tertiary alicyclic amines) is 2. The molecule has 2 amide bonds. The molecular weight excluding hydrogens is 1170 g/mol. The summed E-state index contributed by atoms with van der Waals surface area (Å²) in [6.07, 6.45) is 9.07. The van der Waals surface area contributed by atoms with Gasteiger partial charge in [-0.3, -0.25) is 24.5 Å². The molecule has 88 heavy (non-hydrogen) atoms. The number of likely N-dealkylation sites (N-methyl/N-ethyl adjacent to an activating group) is 2. The van der Waals surface area contributed by atoms with Gasteiger partial charge in [-0.2, -0.15) is 52.0 Å². The zero-order valence-corrected chi connectivity index (χ0v) is 53.3. The van der Waals surface area contributed by atoms with E-state index in [0.29, 0.717) is 104 Å². The van der Waals surface area contributed by atoms with Crippen molar-refractivity contribution in [2.45, 2.75) is 111 Å². The van der Waals surface area contributed by atoms with Gasteiger partial charge in [0.2, 0.25) is 5.91 Å². The van der Waals surface area contributed by atoms with Crippen LogP contribution >= 0.6 is 27.0 Å². The first-order valence-electron chi connectivity index (χ1n) is 29.7. The number of H-pyrrole nitrogens is 2. The number of fused-ring (bicyclic) bond motifs is 4. The predicted octanol–water partition coefficient (Wildman–Crippen LogP) is 7.48. The van der Waals surface area contributed by atoms with Crippen LogP contribution in [0, 0.1) is 27.7 Å². The highest BCUT2D eigenvalue weighted by atomic mass is 32.1. The molecule has 2 aromatic carbocycles. The fourth-order valence-corrected chi connectivity index (χ4v) is 13.5. The highest BCUT2D eigenvalue weighted by Crippen LogP contribution is 2.40. The Morgan fingerprint density at radius 3 is 1.65 bits per heavy atom. The first kappa shape index (κ1) is 67.1. The number of aliphatic hydroxyl groups is 1. The van der Waals surface area contributed by atoms with Crippen molar-refractivity contribution >= 4 is 83.6 Å². The second-order valence-electron chi connectivity index (χ2n) is 24.5. The molecule has 6 aromatic rings. The van der Waals surface area contributed by atoms with Gasteiger partial charge in [0.05, 0.1) is 48.5 Å². The molecule has 25 heteroatoms. The SMILES string of the molecule is C.C=C(F)C(=O)N1CCN(c2nc(OC[C@@H]3CC(C)(F)CN3C)nc3c2CCN(c2c(C)c(C)cc4[nH]ncc24)C3)CC1.Cc1cc2[nH]ccc2c(N2CCc3c(nc(OC[C@@H]4CC(C)(F)CN4C)nc3N3CCN(C(=O)/C=C/CO)CC3)C2)c1C.S.S. The van der Waals surface area contributed by atoms with E-state index in [0.717, 1.165) is 82.2 Å². The minimum Gasteiger partial charge on any atom is -0.462 e. The zero-order valence-electron chi connectivity index (χ0n) is 51.3. The Bertz CT molecular complexity index is 3530. The smallest absolute Gasteiger partial charge is 0.318 e. The van der Waals surface area contributed by atoms with Crippen LogP contribution < -0.4 is 29.1 Å². The normalized spacial score (nSPS) is 22.2. The third-order valence-corrected chi connectivity index (χ3v) is 18.1. The summed E-state index contributed by atoms with van der Waals surface area (Å²) in [5.74, 6) is -0.0641. The Balaban J connectivity index is 0.000000220. The molecule has 6 aliphatic heterocycles. The lowest BCUT2D eigenvalue weighted by Gasteiger charge is -2.38. The number of hydrogen-bond donors (Lipinski definition) is 3. The van der Waals surface area contributed by atoms with E-state index < -0.39 is 23.1 Å². The molecule has 4 aromatic heterocycles. The second-order valence-corrected chi connectivity index (χ2v) is 24.5. The van der Waals surface area contributed by atoms with Gasteiger partial charge in [0, 0.05) is 149 Å². The van der Waals surface area contributed by atoms with Crippen LogP contribution in [0.3, 0.4) is 0 Å². The van der Waals surface area contributed by atoms with Crippen LogP contribution in [0.25, 0.3) is 21.8 Å². The number of amides is 2. The molecule has 0 bridgehead atoms. The molecule has 0 radical (unpaired) electrons. The minimum absolute atomic E-state index is 0. The van der Waals surface area contributed by atoms with Crippen molar-refractivity contribution in [1.82, 2.24) is 54.7 Å². The Morgan fingerprint density at radius 1 is 0.705 bits per heavy atom. The first-order chi connectivity index (χ1) is 40.6. The van der Waals surface area contributed by atoms with E-state index in [1.54, 1.807) is 18.7 Å². The minimum atomic E-state index is -1.25. The summed E-state index contributed by atoms with van der Waals surface area (Å²) in [5, 5.41) is 18.7. The third-order valence-electron chi connectivity index (χ3n) is 18.1. The summed E-state index contributed by atoms with van der Waals surface area (Å²) in [6.45, 7) is 23.1. The van der Waals surface area contributed by atoms with Gasteiger partial charge in [-0.15, -0.1) is 0 Å². The van der Waals surface area contributed by atoms with Gasteiger partial charge >= 0.3 is 12.0 Å². The quantitative estimate of drug-likeness (QED) is 0.0963. The van der Waals surface area contributed by atoms with E-state index in [-0.39, 0.29) is 71.6 Å². The van der Waals surface area contributed by atoms with E-state index in [1.807, 2.05) is 36.3 Å². The predicted molar refractivity (Wildman–Crippen MR) is 351 cm³/mol. The zero-order chi connectivity index (χ0) is 60.1. The van der Waals surface area contributed by atoms with E-state index in [4.69, 9.17) is 34.5 Å². The van der Waals surface area contributed by atoms with Crippen molar-refractivity contribution in [3.8, 4) is 12.0 Å². The van der Waals surface area contributed by atoms with Gasteiger partial charge in [-0.25, -0.2) is 13.2 Å². The van der Waals surface area contributed by atoms with Crippen LogP contribution in [0.1, 0.15) is 78.9 Å². The third kappa shape index (κ3) is 14.1. The van der Waals surface area contributed by atoms with Gasteiger partial charge in [-0.1, -0.05) is 20.1 Å². The number of rotatable bonds is 13. The Kier molecular flexibility index (Phi) is 21.0. The van der Waals surface area contributed by atoms with Crippen LogP contribution in [0.4, 0.5) is 36.2 Å². The summed E-state index contributed by atoms with van der Waals surface area (Å²) in [5.41, 5.74) is 10.9. The molecular formula is C63H88F3N15O5S2. The average Bonchev–Trinajstić information content (AvgIpc) is 1.33. The number of ether oxygens (including phenoxy) is 2. The molecule has 4 atom stereocenters. The molecule has 12 rings (SSSR count). The number of piperazine rings is 2. The molecule has 0 spiro atoms. The van der Waals surface area contributed by atoms with E-state index in [2.05, 4.69) is 87.3 Å². The number of nitrogens with one attached hydrogen (secondary N) is 2. The van der Waals surface area contributed by atoms with Crippen molar-refractivity contribution in [1.29, 1.82) is 0 Å². The number of halogens is 3. The Hall–Kier alpha value is -6.80. The second kappa shape index (κ2) is 27.5. The van der Waals surface area contributed by atoms with Gasteiger partial charge < -0.3 is 49.0 Å². The molecule has 0 aliphatic carbocycles. The van der Waals surface area contributed by atoms with E-state index in [9.17, 15) is 22.8 Å². The lowest BCUT2D eigenvalue weighted by Crippen LogP contribution is -2.49. The Labute approximate surface area is 528 Å². The van der Waals surface area contributed by atoms with Crippen molar-refractivity contribution in [2.75, 3.05) is 132 Å². The number of aryl methyl sites for hydroxylation is 2. The number of benzene rings is 2. The highest BCUT2D eigenvalue weighted by Gasteiger charge is 2.41. The summed E-state index contributed by atoms with van der Waals surface area (Å²) >= 11 is 0. The lowest BCUT2D eigenvalue weighted by atomic mass is 9.99. The summed E-state index contributed by atoms with van der Waals surface area (Å²) in [7, 11) is 3.84. The van der Waals surface area contributed by atoms with Gasteiger partial charge in [0.15, 0.2) is 5.83 Å². The standard InChI is InChI=1S/C32H42FN7O3.C30H38F2N8O2.CH4.2H2S/c1-21-16-26-24(7-9-34-26)29(22(21)2)40-10-8-25-27(18-40)35-31(43-19-23-17-32(3,33)20-37(23)4)36-30(25)39-13-11-38(12-14-39)28(42)6-5-15-41;1-18-12-24-23(14-33-36-24)26(19(18)2)40-7-6-22-25(15-40)34-29(42-16-21-13-30(4,32)17-37(21)5)35-27(22)38-8-10-39(11-9-38)28(41)20(3)31;;;/h5-7,9,16,23,34,41H,8,10-15,17-20H2,1-4H3;12,14,21H,3,6-11,13,15-17H2,1-2,4-5H3,(H,33,36);1H4;2*1H2/b6-5+;;;;/t23-,32?;21-,30?;;;/m00.../s1. The molecule has 0 saturated carbocycles. The summed E-state index contributed by atoms with van der Waals surface area (Å²) in [4.78, 5) is 64.0. The Morgan fingerprint density at radius 2 is 1.18 bits per heavy atom. The molecule has 6 aliphatic rings. The van der Waals surface area contributed by atoms with Crippen LogP contribution in [0.15, 0.2) is 55.2 Å². The number of aromatic amines is 2. The van der Waals surface area contributed by atoms with Crippen LogP contribution in [0.5, 0.6) is 12.0 Å². The van der Waals surface area contributed by atoms with Gasteiger partial charge in [0.1, 0.15) is 36.2 Å². The number of alkyl halides is 2. The van der Waals surface area contributed by atoms with Gasteiger partial charge in [0.25, 0.3) is 5.91 Å². The molecule has 20 nitrogen and oxygen atoms in total. The molecule has 4 fully saturated rings. The van der Waals surface area contributed by atoms with Crippen molar-refractivity contribution < 1.29 is 37.3 Å². The monoisotopic (exact) mass is 1260 g/mol. The largest absolute Gasteiger partial charge is 0.462 e. The molecule has 4 saturated heterocycles. The summed E-state index contributed by atoms with van der Waals surface area (Å²) < 4.78 is 55.2. The van der Waals surface area contributed by atoms with Crippen molar-refractivity contribution in [2.24, 2.45) is 0 Å². The number of aliphatic hydroxyl groups excluding tert-OH is 1. The van der Waals surface area contributed by atoms with Crippen LogP contribution in [-0.2, 0) is 35.5 Å². The number of hydrogen-bond acceptors (Lipinski definition) is 16. The highest BCUT2D eigenvalue weighted by molar-refractivity contribution is 7.59. The van der Waals surface area contributed by atoms with Crippen LogP contribution in [-0.4, -0.2) is 208 Å². The maximum Gasteiger partial charge on any atom is 0.318 e. The first-order valence-corrected chi connectivity index (χ1v) is 29.7. The van der Waals surface area contributed by atoms with Crippen LogP contribution in [0.2, 0.25) is 0 Å². The molecule has 478 valence electrons. The number of carbonyl (C=O) groups excluding carboxylic acids is 2. The maximum atomic E-state index is 14.7. The van der Waals surface area contributed by atoms with Crippen molar-refractivity contribution in [3.63, 3.8) is 0 Å². The van der Waals surface area contributed by atoms with E-state index in [1.165, 1.54) is 50.4 Å². The van der Waals surface area contributed by atoms with Gasteiger partial charge in [-0.05, 0) is 109 Å². The maximum absolute atomic E-state index is 14.7. The summed E-state index contributed by atoms with van der Waals surface area (Å²) in [6, 6.07) is 6.91.